The maximum atomic E-state index is 13.8. The number of hydrogen-bond donors (Lipinski definition) is 1. The lowest BCUT2D eigenvalue weighted by atomic mass is 9.91. The molecule has 2 atom stereocenters. The van der Waals surface area contributed by atoms with Crippen LogP contribution in [0.2, 0.25) is 0 Å². The molecule has 4 heterocycles. The summed E-state index contributed by atoms with van der Waals surface area (Å²) >= 11 is 0. The average Bonchev–Trinajstić information content (AvgIpc) is 3.62. The van der Waals surface area contributed by atoms with E-state index < -0.39 is 5.60 Å². The highest BCUT2D eigenvalue weighted by Crippen LogP contribution is 2.33. The van der Waals surface area contributed by atoms with Gasteiger partial charge in [-0.05, 0) is 67.2 Å². The van der Waals surface area contributed by atoms with Gasteiger partial charge in [0.1, 0.15) is 5.60 Å². The molecule has 42 heavy (non-hydrogen) atoms. The summed E-state index contributed by atoms with van der Waals surface area (Å²) in [6, 6.07) is 22.2. The lowest BCUT2D eigenvalue weighted by molar-refractivity contribution is 0.0289. The Morgan fingerprint density at radius 3 is 2.43 bits per heavy atom. The van der Waals surface area contributed by atoms with Crippen LogP contribution in [0.4, 0.5) is 9.59 Å². The molecule has 8 nitrogen and oxygen atoms in total. The Bertz CT molecular complexity index is 1530. The maximum absolute atomic E-state index is 13.8. The van der Waals surface area contributed by atoms with Crippen molar-refractivity contribution in [3.63, 3.8) is 0 Å². The molecule has 1 saturated heterocycles. The zero-order valence-electron chi connectivity index (χ0n) is 24.4. The van der Waals surface area contributed by atoms with Crippen molar-refractivity contribution < 1.29 is 14.3 Å². The minimum Gasteiger partial charge on any atom is -0.444 e. The molecule has 0 radical (unpaired) electrons. The number of rotatable bonds is 4. The third-order valence-corrected chi connectivity index (χ3v) is 8.12. The number of pyridine rings is 1. The summed E-state index contributed by atoms with van der Waals surface area (Å²) in [6.45, 7) is 8.29. The summed E-state index contributed by atoms with van der Waals surface area (Å²) in [4.78, 5) is 39.4. The summed E-state index contributed by atoms with van der Waals surface area (Å²) in [5, 5.41) is 3.30. The molecule has 3 aromatic rings. The lowest BCUT2D eigenvalue weighted by Gasteiger charge is -2.31. The second-order valence-electron chi connectivity index (χ2n) is 12.2. The summed E-state index contributed by atoms with van der Waals surface area (Å²) in [5.74, 6) is -0.0786. The van der Waals surface area contributed by atoms with Gasteiger partial charge >= 0.3 is 12.1 Å². The van der Waals surface area contributed by atoms with E-state index in [9.17, 15) is 9.59 Å². The molecule has 0 bridgehead atoms. The summed E-state index contributed by atoms with van der Waals surface area (Å²) < 4.78 is 5.71. The molecule has 3 aliphatic heterocycles. The monoisotopic (exact) mass is 563 g/mol. The third-order valence-electron chi connectivity index (χ3n) is 8.12. The van der Waals surface area contributed by atoms with Crippen LogP contribution in [-0.4, -0.2) is 77.0 Å². The fourth-order valence-electron chi connectivity index (χ4n) is 6.03. The summed E-state index contributed by atoms with van der Waals surface area (Å²) in [6.07, 6.45) is 3.98. The van der Waals surface area contributed by atoms with Gasteiger partial charge in [0.25, 0.3) is 0 Å². The van der Waals surface area contributed by atoms with E-state index in [-0.39, 0.29) is 24.1 Å². The number of urea groups is 1. The average molecular weight is 564 g/mol. The number of hydrogen-bond acceptors (Lipinski definition) is 5. The van der Waals surface area contributed by atoms with Gasteiger partial charge in [-0.15, -0.1) is 0 Å². The summed E-state index contributed by atoms with van der Waals surface area (Å²) in [7, 11) is 0. The van der Waals surface area contributed by atoms with Crippen LogP contribution >= 0.6 is 0 Å². The number of ether oxygens (including phenoxy) is 1. The lowest BCUT2D eigenvalue weighted by Crippen LogP contribution is -2.50. The van der Waals surface area contributed by atoms with Gasteiger partial charge in [0.05, 0.1) is 18.3 Å². The van der Waals surface area contributed by atoms with Crippen LogP contribution in [0.3, 0.4) is 0 Å². The Labute approximate surface area is 247 Å². The van der Waals surface area contributed by atoms with Crippen molar-refractivity contribution in [3.8, 4) is 11.1 Å². The number of nitrogens with zero attached hydrogens (tertiary/aromatic N) is 4. The first-order valence-corrected chi connectivity index (χ1v) is 14.6. The highest BCUT2D eigenvalue weighted by molar-refractivity contribution is 6.15. The molecule has 0 spiro atoms. The van der Waals surface area contributed by atoms with E-state index in [1.165, 1.54) is 5.57 Å². The highest BCUT2D eigenvalue weighted by Gasteiger charge is 2.40. The topological polar surface area (TPSA) is 87.1 Å². The van der Waals surface area contributed by atoms with Crippen LogP contribution in [-0.2, 0) is 4.74 Å². The van der Waals surface area contributed by atoms with E-state index in [1.54, 1.807) is 17.3 Å². The zero-order chi connectivity index (χ0) is 29.3. The molecule has 1 unspecified atom stereocenters. The van der Waals surface area contributed by atoms with E-state index in [4.69, 9.17) is 9.73 Å². The Balaban J connectivity index is 1.22. The molecule has 8 heteroatoms. The Kier molecular flexibility index (Phi) is 7.54. The first-order valence-electron chi connectivity index (χ1n) is 14.6. The molecule has 3 amide bonds. The molecule has 216 valence electrons. The van der Waals surface area contributed by atoms with Gasteiger partial charge in [-0.2, -0.15) is 0 Å². The second-order valence-corrected chi connectivity index (χ2v) is 12.2. The molecule has 1 fully saturated rings. The molecule has 6 rings (SSSR count). The van der Waals surface area contributed by atoms with Crippen molar-refractivity contribution in [1.82, 2.24) is 20.1 Å². The molecule has 1 N–H and O–H groups in total. The van der Waals surface area contributed by atoms with Crippen molar-refractivity contribution in [2.45, 2.75) is 44.8 Å². The minimum atomic E-state index is -0.601. The normalized spacial score (nSPS) is 20.3. The fourth-order valence-corrected chi connectivity index (χ4v) is 6.03. The quantitative estimate of drug-likeness (QED) is 0.443. The van der Waals surface area contributed by atoms with Crippen LogP contribution in [0.5, 0.6) is 0 Å². The van der Waals surface area contributed by atoms with E-state index in [0.29, 0.717) is 32.7 Å². The number of likely N-dealkylation sites (tertiary alicyclic amines) is 1. The van der Waals surface area contributed by atoms with Crippen LogP contribution in [0.1, 0.15) is 44.2 Å². The fraction of sp³-hybridized carbons (Fsp3) is 0.353. The molecule has 1 aromatic heterocycles. The smallest absolute Gasteiger partial charge is 0.410 e. The summed E-state index contributed by atoms with van der Waals surface area (Å²) in [5.41, 5.74) is 7.14. The second kappa shape index (κ2) is 11.4. The van der Waals surface area contributed by atoms with Crippen LogP contribution in [0, 0.1) is 0 Å². The van der Waals surface area contributed by atoms with Gasteiger partial charge in [-0.25, -0.2) is 9.59 Å². The number of amides is 3. The van der Waals surface area contributed by atoms with Gasteiger partial charge in [0.15, 0.2) is 0 Å². The number of aliphatic imine (C=N–C) groups is 1. The number of nitrogens with one attached hydrogen (secondary N) is 1. The van der Waals surface area contributed by atoms with E-state index in [0.717, 1.165) is 40.0 Å². The van der Waals surface area contributed by atoms with E-state index in [1.807, 2.05) is 62.1 Å². The number of carbonyl (C=O) groups excluding carboxylic acids is 2. The molecule has 0 aliphatic carbocycles. The number of carbonyl (C=O) groups is 2. The first-order chi connectivity index (χ1) is 20.2. The zero-order valence-corrected chi connectivity index (χ0v) is 24.4. The van der Waals surface area contributed by atoms with Crippen LogP contribution in [0.15, 0.2) is 95.3 Å². The van der Waals surface area contributed by atoms with Crippen molar-refractivity contribution in [2.75, 3.05) is 32.7 Å². The highest BCUT2D eigenvalue weighted by atomic mass is 16.6. The SMILES string of the molecule is CC(C)(C)OC(=O)N1CC(NC(=O)N2CCC3=C(C2)C(c2ccncc2)=NC3)[C@H](c2cccc(-c3ccccc3)c2)C1. The van der Waals surface area contributed by atoms with Crippen molar-refractivity contribution >= 4 is 17.8 Å². The van der Waals surface area contributed by atoms with Gasteiger partial charge in [0, 0.05) is 50.1 Å². The van der Waals surface area contributed by atoms with Crippen molar-refractivity contribution in [2.24, 2.45) is 4.99 Å². The molecule has 0 saturated carbocycles. The van der Waals surface area contributed by atoms with E-state index in [2.05, 4.69) is 40.6 Å². The van der Waals surface area contributed by atoms with Crippen LogP contribution < -0.4 is 5.32 Å². The predicted molar refractivity (Wildman–Crippen MR) is 164 cm³/mol. The Morgan fingerprint density at radius 1 is 0.905 bits per heavy atom. The Hall–Kier alpha value is -4.46. The van der Waals surface area contributed by atoms with Gasteiger partial charge in [0.2, 0.25) is 0 Å². The van der Waals surface area contributed by atoms with Crippen molar-refractivity contribution in [1.29, 1.82) is 0 Å². The van der Waals surface area contributed by atoms with Crippen molar-refractivity contribution in [3.05, 3.63) is 101 Å². The largest absolute Gasteiger partial charge is 0.444 e. The minimum absolute atomic E-state index is 0.0786. The molecule has 3 aliphatic rings. The Morgan fingerprint density at radius 2 is 1.67 bits per heavy atom. The number of benzene rings is 2. The van der Waals surface area contributed by atoms with Gasteiger partial charge in [-0.1, -0.05) is 54.6 Å². The van der Waals surface area contributed by atoms with E-state index >= 15 is 0 Å². The molecule has 2 aromatic carbocycles. The molecular formula is C34H37N5O3. The first kappa shape index (κ1) is 27.7. The van der Waals surface area contributed by atoms with Gasteiger partial charge in [-0.3, -0.25) is 9.98 Å². The van der Waals surface area contributed by atoms with Gasteiger partial charge < -0.3 is 19.9 Å². The predicted octanol–water partition coefficient (Wildman–Crippen LogP) is 5.67. The third kappa shape index (κ3) is 5.93. The molecular weight excluding hydrogens is 526 g/mol. The maximum Gasteiger partial charge on any atom is 0.410 e. The number of aromatic nitrogens is 1. The standard InChI is InChI=1S/C34H37N5O3/c1-34(2,3)42-33(41)39-20-28(26-11-7-10-25(18-26)23-8-5-4-6-9-23)30(22-39)37-32(40)38-17-14-27-19-36-31(29(27)21-38)24-12-15-35-16-13-24/h4-13,15-16,18,28,30H,14,17,19-22H2,1-3H3,(H,37,40)/t28-,30?/m0/s1. The van der Waals surface area contributed by atoms with Crippen LogP contribution in [0.25, 0.3) is 11.1 Å².